The molecular formula is C11H9BrN2O2S. The molecule has 3 amide bonds. The number of urea groups is 1. The van der Waals surface area contributed by atoms with Crippen LogP contribution in [0.4, 0.5) is 4.79 Å². The summed E-state index contributed by atoms with van der Waals surface area (Å²) in [5.41, 5.74) is 0.00743. The third-order valence-electron chi connectivity index (χ3n) is 3.08. The Morgan fingerprint density at radius 3 is 2.88 bits per heavy atom. The minimum atomic E-state index is -0.874. The number of carbonyl (C=O) groups is 2. The first-order valence-electron chi connectivity index (χ1n) is 5.18. The number of hydrogen-bond donors (Lipinski definition) is 2. The van der Waals surface area contributed by atoms with Crippen LogP contribution in [0.15, 0.2) is 27.6 Å². The molecule has 2 aliphatic rings. The van der Waals surface area contributed by atoms with Gasteiger partial charge in [-0.1, -0.05) is 15.9 Å². The molecule has 17 heavy (non-hydrogen) atoms. The minimum absolute atomic E-state index is 0.248. The van der Waals surface area contributed by atoms with Crippen LogP contribution in [0.25, 0.3) is 0 Å². The van der Waals surface area contributed by atoms with Crippen molar-refractivity contribution in [2.24, 2.45) is 0 Å². The molecule has 1 spiro atoms. The Morgan fingerprint density at radius 2 is 2.18 bits per heavy atom. The highest BCUT2D eigenvalue weighted by atomic mass is 79.9. The van der Waals surface area contributed by atoms with Crippen LogP contribution in [0.1, 0.15) is 12.0 Å². The average molecular weight is 313 g/mol. The van der Waals surface area contributed by atoms with Crippen molar-refractivity contribution in [2.45, 2.75) is 16.9 Å². The molecule has 0 radical (unpaired) electrons. The Bertz CT molecular complexity index is 534. The quantitative estimate of drug-likeness (QED) is 0.720. The topological polar surface area (TPSA) is 58.2 Å². The van der Waals surface area contributed by atoms with E-state index in [1.54, 1.807) is 11.8 Å². The first-order valence-corrected chi connectivity index (χ1v) is 6.96. The van der Waals surface area contributed by atoms with Gasteiger partial charge in [-0.05, 0) is 24.6 Å². The molecule has 1 fully saturated rings. The molecule has 1 aromatic carbocycles. The number of benzene rings is 1. The molecule has 6 heteroatoms. The van der Waals surface area contributed by atoms with Crippen molar-refractivity contribution in [3.63, 3.8) is 0 Å². The van der Waals surface area contributed by atoms with Crippen LogP contribution in [0.3, 0.4) is 0 Å². The van der Waals surface area contributed by atoms with E-state index in [9.17, 15) is 9.59 Å². The van der Waals surface area contributed by atoms with Crippen molar-refractivity contribution >= 4 is 39.6 Å². The van der Waals surface area contributed by atoms with Crippen LogP contribution in [-0.2, 0) is 10.3 Å². The van der Waals surface area contributed by atoms with Gasteiger partial charge in [-0.2, -0.15) is 0 Å². The van der Waals surface area contributed by atoms with Crippen LogP contribution < -0.4 is 10.6 Å². The van der Waals surface area contributed by atoms with Gasteiger partial charge in [0.2, 0.25) is 0 Å². The van der Waals surface area contributed by atoms with Crippen LogP contribution in [0, 0.1) is 0 Å². The third kappa shape index (κ3) is 1.58. The largest absolute Gasteiger partial charge is 0.322 e. The van der Waals surface area contributed by atoms with Gasteiger partial charge in [0.25, 0.3) is 5.91 Å². The van der Waals surface area contributed by atoms with E-state index < -0.39 is 11.6 Å². The fourth-order valence-corrected chi connectivity index (χ4v) is 3.81. The molecule has 1 unspecified atom stereocenters. The van der Waals surface area contributed by atoms with Crippen molar-refractivity contribution in [3.05, 3.63) is 28.2 Å². The number of rotatable bonds is 0. The molecule has 2 heterocycles. The molecule has 2 aliphatic heterocycles. The lowest BCUT2D eigenvalue weighted by Crippen LogP contribution is -2.46. The Hall–Kier alpha value is -1.01. The maximum Gasteiger partial charge on any atom is 0.322 e. The minimum Gasteiger partial charge on any atom is -0.319 e. The summed E-state index contributed by atoms with van der Waals surface area (Å²) in [4.78, 5) is 24.4. The molecule has 88 valence electrons. The zero-order valence-corrected chi connectivity index (χ0v) is 11.2. The molecule has 1 saturated heterocycles. The summed E-state index contributed by atoms with van der Waals surface area (Å²) < 4.78 is 0.909. The van der Waals surface area contributed by atoms with Gasteiger partial charge in [-0.3, -0.25) is 10.1 Å². The van der Waals surface area contributed by atoms with Gasteiger partial charge in [0, 0.05) is 20.7 Å². The Kier molecular flexibility index (Phi) is 2.45. The normalized spacial score (nSPS) is 26.6. The van der Waals surface area contributed by atoms with E-state index in [4.69, 9.17) is 0 Å². The van der Waals surface area contributed by atoms with Gasteiger partial charge >= 0.3 is 6.03 Å². The fraction of sp³-hybridized carbons (Fsp3) is 0.273. The van der Waals surface area contributed by atoms with E-state index in [0.29, 0.717) is 6.42 Å². The zero-order chi connectivity index (χ0) is 12.0. The van der Waals surface area contributed by atoms with Crippen LogP contribution >= 0.6 is 27.7 Å². The zero-order valence-electron chi connectivity index (χ0n) is 8.75. The smallest absolute Gasteiger partial charge is 0.319 e. The standard InChI is InChI=1S/C11H9BrN2O2S/c12-6-1-2-8-7(5-6)11(3-4-17-8)9(15)13-10(16)14-11/h1-2,5H,3-4H2,(H2,13,14,15,16). The van der Waals surface area contributed by atoms with Gasteiger partial charge in [-0.15, -0.1) is 11.8 Å². The molecule has 4 nitrogen and oxygen atoms in total. The first-order chi connectivity index (χ1) is 8.12. The molecule has 0 aromatic heterocycles. The van der Waals surface area contributed by atoms with E-state index >= 15 is 0 Å². The number of fused-ring (bicyclic) bond motifs is 2. The lowest BCUT2D eigenvalue weighted by Gasteiger charge is -2.32. The van der Waals surface area contributed by atoms with E-state index in [2.05, 4.69) is 26.6 Å². The molecule has 0 bridgehead atoms. The summed E-state index contributed by atoms with van der Waals surface area (Å²) in [6.07, 6.45) is 0.624. The molecule has 0 saturated carbocycles. The average Bonchev–Trinajstić information content (AvgIpc) is 2.56. The number of imide groups is 1. The van der Waals surface area contributed by atoms with E-state index in [-0.39, 0.29) is 5.91 Å². The third-order valence-corrected chi connectivity index (χ3v) is 4.65. The number of hydrogen-bond acceptors (Lipinski definition) is 3. The van der Waals surface area contributed by atoms with E-state index in [1.807, 2.05) is 18.2 Å². The summed E-state index contributed by atoms with van der Waals surface area (Å²) >= 11 is 5.11. The van der Waals surface area contributed by atoms with E-state index in [1.165, 1.54) is 0 Å². The molecule has 1 aromatic rings. The predicted octanol–water partition coefficient (Wildman–Crippen LogP) is 1.98. The lowest BCUT2D eigenvalue weighted by molar-refractivity contribution is -0.124. The number of halogens is 1. The second kappa shape index (κ2) is 3.74. The number of nitrogens with one attached hydrogen (secondary N) is 2. The SMILES string of the molecule is O=C1NC(=O)C2(CCSc3ccc(Br)cc32)N1. The second-order valence-electron chi connectivity index (χ2n) is 4.05. The molecular weight excluding hydrogens is 304 g/mol. The Labute approximate surface area is 111 Å². The summed E-state index contributed by atoms with van der Waals surface area (Å²) in [7, 11) is 0. The Balaban J connectivity index is 2.19. The van der Waals surface area contributed by atoms with Gasteiger partial charge in [-0.25, -0.2) is 4.79 Å². The van der Waals surface area contributed by atoms with Crippen LogP contribution in [0.5, 0.6) is 0 Å². The predicted molar refractivity (Wildman–Crippen MR) is 67.8 cm³/mol. The lowest BCUT2D eigenvalue weighted by atomic mass is 9.87. The number of thioether (sulfide) groups is 1. The van der Waals surface area contributed by atoms with Crippen molar-refractivity contribution in [1.82, 2.24) is 10.6 Å². The first kappa shape index (κ1) is 11.1. The van der Waals surface area contributed by atoms with E-state index in [0.717, 1.165) is 20.7 Å². The molecule has 1 atom stereocenters. The van der Waals surface area contributed by atoms with Gasteiger partial charge in [0.05, 0.1) is 0 Å². The molecule has 0 aliphatic carbocycles. The Morgan fingerprint density at radius 1 is 1.35 bits per heavy atom. The van der Waals surface area contributed by atoms with Crippen LogP contribution in [0.2, 0.25) is 0 Å². The highest BCUT2D eigenvalue weighted by molar-refractivity contribution is 9.10. The highest BCUT2D eigenvalue weighted by Gasteiger charge is 2.50. The highest BCUT2D eigenvalue weighted by Crippen LogP contribution is 2.42. The number of amides is 3. The molecule has 2 N–H and O–H groups in total. The van der Waals surface area contributed by atoms with Crippen molar-refractivity contribution in [1.29, 1.82) is 0 Å². The fourth-order valence-electron chi connectivity index (χ4n) is 2.27. The maximum atomic E-state index is 12.0. The summed E-state index contributed by atoms with van der Waals surface area (Å²) in [5, 5.41) is 5.09. The maximum absolute atomic E-state index is 12.0. The monoisotopic (exact) mass is 312 g/mol. The second-order valence-corrected chi connectivity index (χ2v) is 6.10. The van der Waals surface area contributed by atoms with Gasteiger partial charge in [0.1, 0.15) is 5.54 Å². The van der Waals surface area contributed by atoms with Crippen molar-refractivity contribution in [3.8, 4) is 0 Å². The summed E-state index contributed by atoms with van der Waals surface area (Å²) in [6.45, 7) is 0. The van der Waals surface area contributed by atoms with Crippen LogP contribution in [-0.4, -0.2) is 17.7 Å². The number of carbonyl (C=O) groups excluding carboxylic acids is 2. The summed E-state index contributed by atoms with van der Waals surface area (Å²) in [5.74, 6) is 0.574. The summed E-state index contributed by atoms with van der Waals surface area (Å²) in [6, 6.07) is 5.42. The van der Waals surface area contributed by atoms with Crippen molar-refractivity contribution in [2.75, 3.05) is 5.75 Å². The van der Waals surface area contributed by atoms with Crippen molar-refractivity contribution < 1.29 is 9.59 Å². The molecule has 3 rings (SSSR count). The van der Waals surface area contributed by atoms with Gasteiger partial charge < -0.3 is 5.32 Å². The van der Waals surface area contributed by atoms with Gasteiger partial charge in [0.15, 0.2) is 0 Å².